The number of hydrogen-bond donors (Lipinski definition) is 2. The summed E-state index contributed by atoms with van der Waals surface area (Å²) >= 11 is 0. The molecule has 0 aromatic rings. The molecule has 4 aliphatic rings. The Morgan fingerprint density at radius 3 is 1.08 bits per heavy atom. The molecule has 2 saturated carbocycles. The molecule has 2 N–H and O–H groups in total. The first-order valence-electron chi connectivity index (χ1n) is 13.0. The third-order valence-corrected chi connectivity index (χ3v) is 6.90. The Morgan fingerprint density at radius 2 is 0.889 bits per heavy atom. The van der Waals surface area contributed by atoms with Gasteiger partial charge in [-0.05, 0) is 0 Å². The van der Waals surface area contributed by atoms with Gasteiger partial charge in [0.15, 0.2) is 11.6 Å². The predicted octanol–water partition coefficient (Wildman–Crippen LogP) is 4.43. The number of hydrogen-bond acceptors (Lipinski definition) is 8. The number of aliphatic hydroxyl groups is 2. The first kappa shape index (κ1) is 33.1. The van der Waals surface area contributed by atoms with Gasteiger partial charge in [0, 0.05) is 67.6 Å². The highest BCUT2D eigenvalue weighted by Gasteiger charge is 2.51. The van der Waals surface area contributed by atoms with E-state index in [0.717, 1.165) is 52.1 Å². The van der Waals surface area contributed by atoms with E-state index in [4.69, 9.17) is 29.2 Å². The maximum absolute atomic E-state index is 10.5. The zero-order valence-corrected chi connectivity index (χ0v) is 22.7. The maximum Gasteiger partial charge on any atom is 0.168 e. The topological polar surface area (TPSA) is 112 Å². The molecular formula is C28H52O8. The molecular weight excluding hydrogens is 464 g/mol. The average molecular weight is 517 g/mol. The third kappa shape index (κ3) is 10.5. The average Bonchev–Trinajstić information content (AvgIpc) is 2.83. The second-order valence-corrected chi connectivity index (χ2v) is 12.9. The van der Waals surface area contributed by atoms with E-state index in [1.807, 2.05) is 0 Å². The number of ether oxygens (including phenoxy) is 4. The number of Topliss-reactive ketones (excluding diaryl/α,β-unsaturated/α-hetero) is 2. The lowest BCUT2D eigenvalue weighted by Crippen LogP contribution is -2.56. The van der Waals surface area contributed by atoms with Crippen LogP contribution in [0.1, 0.15) is 100 Å². The molecule has 212 valence electrons. The summed E-state index contributed by atoms with van der Waals surface area (Å²) in [5, 5.41) is 16.9. The van der Waals surface area contributed by atoms with E-state index in [1.165, 1.54) is 0 Å². The molecule has 2 aliphatic carbocycles. The van der Waals surface area contributed by atoms with Crippen LogP contribution in [0.25, 0.3) is 0 Å². The lowest BCUT2D eigenvalue weighted by molar-refractivity contribution is -0.363. The van der Waals surface area contributed by atoms with Crippen LogP contribution >= 0.6 is 0 Å². The van der Waals surface area contributed by atoms with E-state index in [0.29, 0.717) is 25.7 Å². The van der Waals surface area contributed by atoms with E-state index >= 15 is 0 Å². The van der Waals surface area contributed by atoms with Gasteiger partial charge in [-0.25, -0.2) is 0 Å². The Morgan fingerprint density at radius 1 is 0.639 bits per heavy atom. The van der Waals surface area contributed by atoms with Gasteiger partial charge in [-0.3, -0.25) is 9.59 Å². The Balaban J connectivity index is 0.000000336. The number of carbonyl (C=O) groups is 2. The van der Waals surface area contributed by atoms with Crippen LogP contribution in [0.4, 0.5) is 0 Å². The predicted molar refractivity (Wildman–Crippen MR) is 138 cm³/mol. The molecule has 2 heterocycles. The summed E-state index contributed by atoms with van der Waals surface area (Å²) in [6.45, 7) is 15.5. The lowest BCUT2D eigenvalue weighted by Gasteiger charge is -2.52. The van der Waals surface area contributed by atoms with Gasteiger partial charge in [-0.2, -0.15) is 0 Å². The number of ketones is 2. The van der Waals surface area contributed by atoms with Crippen molar-refractivity contribution in [3.05, 3.63) is 0 Å². The molecule has 0 radical (unpaired) electrons. The quantitative estimate of drug-likeness (QED) is 0.554. The summed E-state index contributed by atoms with van der Waals surface area (Å²) in [5.74, 6) is -0.296. The third-order valence-electron chi connectivity index (χ3n) is 6.90. The fraction of sp³-hybridized carbons (Fsp3) is 0.929. The molecule has 0 bridgehead atoms. The fourth-order valence-electron chi connectivity index (χ4n) is 3.92. The normalized spacial score (nSPS) is 26.1. The van der Waals surface area contributed by atoms with Crippen LogP contribution in [0, 0.1) is 16.2 Å². The van der Waals surface area contributed by atoms with Gasteiger partial charge in [0.2, 0.25) is 0 Å². The Hall–Kier alpha value is -0.900. The maximum atomic E-state index is 10.5. The van der Waals surface area contributed by atoms with Crippen LogP contribution in [-0.4, -0.2) is 73.0 Å². The van der Waals surface area contributed by atoms with E-state index in [1.54, 1.807) is 13.8 Å². The highest BCUT2D eigenvalue weighted by atomic mass is 16.7. The van der Waals surface area contributed by atoms with E-state index in [2.05, 4.69) is 27.7 Å². The van der Waals surface area contributed by atoms with E-state index in [-0.39, 0.29) is 60.0 Å². The second-order valence-electron chi connectivity index (χ2n) is 12.9. The summed E-state index contributed by atoms with van der Waals surface area (Å²) in [7, 11) is 0. The standard InChI is InChI=1S/C16H28O4.C6H8O2.C5H12O2.CH4/c1-13(2)9-17-15(18-10-13)5-7-16(8-6-15)19-11-14(3,4)12-20-16;7-5-1-2-6(8)4-3-5;1-5(2,3-6)4-7;/h5-12H2,1-4H3;1-4H2;6-7H,3-4H2,1-2H3;1H4. The molecule has 0 aromatic carbocycles. The van der Waals surface area contributed by atoms with Crippen LogP contribution < -0.4 is 0 Å². The molecule has 4 fully saturated rings. The Labute approximate surface area is 218 Å². The van der Waals surface area contributed by atoms with Crippen molar-refractivity contribution < 1.29 is 38.7 Å². The van der Waals surface area contributed by atoms with Gasteiger partial charge in [-0.1, -0.05) is 49.0 Å². The van der Waals surface area contributed by atoms with Crippen molar-refractivity contribution in [2.75, 3.05) is 39.6 Å². The van der Waals surface area contributed by atoms with Crippen molar-refractivity contribution in [2.24, 2.45) is 16.2 Å². The molecule has 4 rings (SSSR count). The molecule has 36 heavy (non-hydrogen) atoms. The molecule has 8 heteroatoms. The highest BCUT2D eigenvalue weighted by Crippen LogP contribution is 2.46. The first-order chi connectivity index (χ1) is 16.2. The zero-order valence-electron chi connectivity index (χ0n) is 22.7. The minimum atomic E-state index is -0.388. The number of rotatable bonds is 2. The molecule has 8 nitrogen and oxygen atoms in total. The van der Waals surface area contributed by atoms with Crippen molar-refractivity contribution >= 4 is 11.6 Å². The summed E-state index contributed by atoms with van der Waals surface area (Å²) in [6.07, 6.45) is 5.40. The molecule has 2 aliphatic heterocycles. The number of carbonyl (C=O) groups excluding carboxylic acids is 2. The summed E-state index contributed by atoms with van der Waals surface area (Å²) in [6, 6.07) is 0. The van der Waals surface area contributed by atoms with Crippen LogP contribution in [0.2, 0.25) is 0 Å². The second kappa shape index (κ2) is 13.3. The van der Waals surface area contributed by atoms with Crippen LogP contribution in [0.15, 0.2) is 0 Å². The molecule has 0 atom stereocenters. The monoisotopic (exact) mass is 516 g/mol. The smallest absolute Gasteiger partial charge is 0.168 e. The van der Waals surface area contributed by atoms with Crippen LogP contribution in [0.5, 0.6) is 0 Å². The largest absolute Gasteiger partial charge is 0.396 e. The van der Waals surface area contributed by atoms with Crippen LogP contribution in [-0.2, 0) is 28.5 Å². The highest BCUT2D eigenvalue weighted by molar-refractivity contribution is 5.92. The summed E-state index contributed by atoms with van der Waals surface area (Å²) in [4.78, 5) is 20.9. The summed E-state index contributed by atoms with van der Waals surface area (Å²) in [5.41, 5.74) is -0.0511. The van der Waals surface area contributed by atoms with Gasteiger partial charge in [0.1, 0.15) is 11.6 Å². The minimum absolute atomic E-state index is 0. The molecule has 2 saturated heterocycles. The van der Waals surface area contributed by atoms with Gasteiger partial charge in [-0.15, -0.1) is 0 Å². The zero-order chi connectivity index (χ0) is 26.4. The van der Waals surface area contributed by atoms with Crippen molar-refractivity contribution in [3.63, 3.8) is 0 Å². The van der Waals surface area contributed by atoms with E-state index < -0.39 is 0 Å². The fourth-order valence-corrected chi connectivity index (χ4v) is 3.92. The van der Waals surface area contributed by atoms with Gasteiger partial charge in [0.05, 0.1) is 39.6 Å². The Kier molecular flexibility index (Phi) is 12.2. The molecule has 0 unspecified atom stereocenters. The first-order valence-corrected chi connectivity index (χ1v) is 13.0. The van der Waals surface area contributed by atoms with Crippen molar-refractivity contribution in [1.82, 2.24) is 0 Å². The molecule has 2 spiro atoms. The summed E-state index contributed by atoms with van der Waals surface area (Å²) < 4.78 is 24.3. The van der Waals surface area contributed by atoms with Crippen molar-refractivity contribution in [2.45, 2.75) is 112 Å². The van der Waals surface area contributed by atoms with Gasteiger partial charge in [0.25, 0.3) is 0 Å². The number of aliphatic hydroxyl groups excluding tert-OH is 2. The van der Waals surface area contributed by atoms with E-state index in [9.17, 15) is 9.59 Å². The molecule has 0 amide bonds. The SMILES string of the molecule is C.CC(C)(CO)CO.CC1(C)COC2(CCC3(CC2)OCC(C)(C)CO3)OC1.O=C1CCC(=O)CC1. The van der Waals surface area contributed by atoms with Crippen LogP contribution in [0.3, 0.4) is 0 Å². The lowest BCUT2D eigenvalue weighted by atomic mass is 9.84. The van der Waals surface area contributed by atoms with Crippen molar-refractivity contribution in [3.8, 4) is 0 Å². The minimum Gasteiger partial charge on any atom is -0.396 e. The Bertz CT molecular complexity index is 610. The van der Waals surface area contributed by atoms with Gasteiger partial charge >= 0.3 is 0 Å². The van der Waals surface area contributed by atoms with Gasteiger partial charge < -0.3 is 29.2 Å². The molecule has 0 aromatic heterocycles. The van der Waals surface area contributed by atoms with Crippen molar-refractivity contribution in [1.29, 1.82) is 0 Å².